The molecule has 0 aliphatic heterocycles. The maximum atomic E-state index is 11.9. The van der Waals surface area contributed by atoms with Crippen LogP contribution in [0.15, 0.2) is 66.2 Å². The van der Waals surface area contributed by atoms with Gasteiger partial charge in [0.15, 0.2) is 0 Å². The highest BCUT2D eigenvalue weighted by molar-refractivity contribution is 7.78. The summed E-state index contributed by atoms with van der Waals surface area (Å²) in [6, 6.07) is 19.5. The molecular formula is C17H14O2S. The molecular weight excluding hydrogens is 268 g/mol. The van der Waals surface area contributed by atoms with Crippen LogP contribution in [-0.2, 0) is 9.53 Å². The fraction of sp³-hybridized carbons (Fsp3) is 0.118. The number of ether oxygens (including phenoxy) is 1. The van der Waals surface area contributed by atoms with Crippen molar-refractivity contribution in [2.24, 2.45) is 0 Å². The molecule has 0 aliphatic rings. The average Bonchev–Trinajstić information content (AvgIpc) is 2.53. The fourth-order valence-electron chi connectivity index (χ4n) is 2.15. The molecule has 0 heterocycles. The predicted molar refractivity (Wildman–Crippen MR) is 82.9 cm³/mol. The summed E-state index contributed by atoms with van der Waals surface area (Å²) in [5.41, 5.74) is 2.31. The summed E-state index contributed by atoms with van der Waals surface area (Å²) >= 11 is 4.90. The van der Waals surface area contributed by atoms with Crippen LogP contribution in [0.1, 0.15) is 17.0 Å². The Morgan fingerprint density at radius 1 is 1.00 bits per heavy atom. The minimum absolute atomic E-state index is 0.262. The number of hydrogen-bond donors (Lipinski definition) is 0. The lowest BCUT2D eigenvalue weighted by molar-refractivity contribution is -0.136. The number of thiocarbonyl (C=S) groups is 1. The van der Waals surface area contributed by atoms with E-state index >= 15 is 0 Å². The third-order valence-corrected chi connectivity index (χ3v) is 3.29. The molecule has 100 valence electrons. The molecule has 0 atom stereocenters. The molecule has 0 N–H and O–H groups in total. The first kappa shape index (κ1) is 14.2. The molecule has 0 saturated carbocycles. The van der Waals surface area contributed by atoms with E-state index in [4.69, 9.17) is 17.0 Å². The summed E-state index contributed by atoms with van der Waals surface area (Å²) in [6.45, 7) is 0. The van der Waals surface area contributed by atoms with Crippen LogP contribution < -0.4 is 0 Å². The molecule has 3 heteroatoms. The highest BCUT2D eigenvalue weighted by atomic mass is 32.1. The summed E-state index contributed by atoms with van der Waals surface area (Å²) in [7, 11) is 1.35. The summed E-state index contributed by atoms with van der Waals surface area (Å²) in [5, 5.41) is 2.58. The Balaban J connectivity index is 2.56. The van der Waals surface area contributed by atoms with E-state index in [9.17, 15) is 4.79 Å². The quantitative estimate of drug-likeness (QED) is 0.487. The maximum Gasteiger partial charge on any atom is 0.343 e. The minimum Gasteiger partial charge on any atom is -0.465 e. The number of methoxy groups -OCH3 is 1. The van der Waals surface area contributed by atoms with Gasteiger partial charge in [-0.05, 0) is 28.4 Å². The molecule has 20 heavy (non-hydrogen) atoms. The van der Waals surface area contributed by atoms with Crippen LogP contribution in [0.5, 0.6) is 0 Å². The molecule has 0 amide bonds. The van der Waals surface area contributed by atoms with Crippen LogP contribution in [0.25, 0.3) is 0 Å². The smallest absolute Gasteiger partial charge is 0.343 e. The molecule has 2 rings (SSSR count). The number of carbonyl (C=O) groups excluding carboxylic acids is 1. The Morgan fingerprint density at radius 3 is 1.80 bits per heavy atom. The molecule has 2 nitrogen and oxygen atoms in total. The van der Waals surface area contributed by atoms with Crippen molar-refractivity contribution in [3.05, 3.63) is 77.4 Å². The van der Waals surface area contributed by atoms with Gasteiger partial charge >= 0.3 is 5.97 Å². The van der Waals surface area contributed by atoms with Gasteiger partial charge in [0.25, 0.3) is 0 Å². The number of benzene rings is 2. The number of hydrogen-bond acceptors (Lipinski definition) is 3. The number of esters is 1. The second-order valence-electron chi connectivity index (χ2n) is 4.26. The Bertz CT molecular complexity index is 589. The van der Waals surface area contributed by atoms with Crippen LogP contribution >= 0.6 is 12.2 Å². The Morgan fingerprint density at radius 2 is 1.45 bits per heavy atom. The third-order valence-electron chi connectivity index (χ3n) is 3.07. The molecule has 0 saturated heterocycles. The fourth-order valence-corrected chi connectivity index (χ4v) is 2.35. The van der Waals surface area contributed by atoms with E-state index in [0.29, 0.717) is 5.57 Å². The van der Waals surface area contributed by atoms with Crippen molar-refractivity contribution < 1.29 is 9.53 Å². The van der Waals surface area contributed by atoms with E-state index in [0.717, 1.165) is 11.1 Å². The summed E-state index contributed by atoms with van der Waals surface area (Å²) in [4.78, 5) is 11.9. The van der Waals surface area contributed by atoms with Gasteiger partial charge in [-0.25, -0.2) is 4.79 Å². The van der Waals surface area contributed by atoms with Crippen molar-refractivity contribution in [1.29, 1.82) is 0 Å². The first-order valence-corrected chi connectivity index (χ1v) is 6.62. The second-order valence-corrected chi connectivity index (χ2v) is 4.47. The summed E-state index contributed by atoms with van der Waals surface area (Å²) in [6.07, 6.45) is 0. The van der Waals surface area contributed by atoms with Gasteiger partial charge in [-0.1, -0.05) is 60.7 Å². The average molecular weight is 282 g/mol. The van der Waals surface area contributed by atoms with Crippen LogP contribution in [0.4, 0.5) is 0 Å². The lowest BCUT2D eigenvalue weighted by atomic mass is 9.85. The maximum absolute atomic E-state index is 11.9. The van der Waals surface area contributed by atoms with Crippen molar-refractivity contribution in [3.63, 3.8) is 0 Å². The Hall–Kier alpha value is -2.22. The normalized spacial score (nSPS) is 9.90. The van der Waals surface area contributed by atoms with E-state index in [-0.39, 0.29) is 5.92 Å². The third kappa shape index (κ3) is 3.02. The second kappa shape index (κ2) is 6.80. The molecule has 2 aromatic carbocycles. The zero-order chi connectivity index (χ0) is 14.4. The topological polar surface area (TPSA) is 26.3 Å². The van der Waals surface area contributed by atoms with E-state index < -0.39 is 5.97 Å². The highest BCUT2D eigenvalue weighted by Crippen LogP contribution is 2.31. The highest BCUT2D eigenvalue weighted by Gasteiger charge is 2.25. The Kier molecular flexibility index (Phi) is 4.83. The largest absolute Gasteiger partial charge is 0.465 e. The van der Waals surface area contributed by atoms with Crippen molar-refractivity contribution in [3.8, 4) is 0 Å². The monoisotopic (exact) mass is 282 g/mol. The van der Waals surface area contributed by atoms with Crippen LogP contribution in [-0.4, -0.2) is 18.1 Å². The van der Waals surface area contributed by atoms with Gasteiger partial charge in [0, 0.05) is 5.92 Å². The van der Waals surface area contributed by atoms with E-state index in [1.54, 1.807) is 0 Å². The molecule has 0 radical (unpaired) electrons. The first-order chi connectivity index (χ1) is 9.77. The van der Waals surface area contributed by atoms with E-state index in [1.165, 1.54) is 7.11 Å². The SMILES string of the molecule is COC(=O)C(=C=S)C(c1ccccc1)c1ccccc1. The van der Waals surface area contributed by atoms with Gasteiger partial charge in [-0.2, -0.15) is 0 Å². The molecule has 0 fully saturated rings. The van der Waals surface area contributed by atoms with Gasteiger partial charge in [-0.3, -0.25) is 0 Å². The molecule has 0 aromatic heterocycles. The van der Waals surface area contributed by atoms with Gasteiger partial charge in [-0.15, -0.1) is 0 Å². The van der Waals surface area contributed by atoms with Gasteiger partial charge < -0.3 is 4.74 Å². The summed E-state index contributed by atoms with van der Waals surface area (Å²) < 4.78 is 4.82. The number of rotatable bonds is 4. The summed E-state index contributed by atoms with van der Waals surface area (Å²) in [5.74, 6) is -0.708. The van der Waals surface area contributed by atoms with Crippen molar-refractivity contribution in [2.45, 2.75) is 5.92 Å². The predicted octanol–water partition coefficient (Wildman–Crippen LogP) is 3.52. The molecule has 0 unspecified atom stereocenters. The van der Waals surface area contributed by atoms with Gasteiger partial charge in [0.05, 0.1) is 7.11 Å². The van der Waals surface area contributed by atoms with Crippen molar-refractivity contribution in [1.82, 2.24) is 0 Å². The van der Waals surface area contributed by atoms with Gasteiger partial charge in [0.1, 0.15) is 5.57 Å². The van der Waals surface area contributed by atoms with E-state index in [2.05, 4.69) is 5.02 Å². The Labute approximate surface area is 123 Å². The van der Waals surface area contributed by atoms with Gasteiger partial charge in [0.2, 0.25) is 0 Å². The van der Waals surface area contributed by atoms with Crippen molar-refractivity contribution >= 4 is 23.2 Å². The zero-order valence-electron chi connectivity index (χ0n) is 11.1. The molecule has 0 aliphatic carbocycles. The van der Waals surface area contributed by atoms with Crippen LogP contribution in [0.3, 0.4) is 0 Å². The zero-order valence-corrected chi connectivity index (χ0v) is 11.9. The minimum atomic E-state index is -0.447. The lowest BCUT2D eigenvalue weighted by Gasteiger charge is -2.18. The van der Waals surface area contributed by atoms with E-state index in [1.807, 2.05) is 60.7 Å². The standard InChI is InChI=1S/C17H14O2S/c1-19-17(18)15(12-20)16(13-8-4-2-5-9-13)14-10-6-3-7-11-14/h2-11,16H,1H3. The molecule has 2 aromatic rings. The molecule has 0 bridgehead atoms. The first-order valence-electron chi connectivity index (χ1n) is 6.21. The lowest BCUT2D eigenvalue weighted by Crippen LogP contribution is -2.15. The molecule has 0 spiro atoms. The van der Waals surface area contributed by atoms with Crippen molar-refractivity contribution in [2.75, 3.05) is 7.11 Å². The number of carbonyl (C=O) groups is 1. The van der Waals surface area contributed by atoms with Crippen LogP contribution in [0, 0.1) is 0 Å². The van der Waals surface area contributed by atoms with Crippen LogP contribution in [0.2, 0.25) is 0 Å².